The zero-order valence-electron chi connectivity index (χ0n) is 14.0. The highest BCUT2D eigenvalue weighted by Gasteiger charge is 2.12. The summed E-state index contributed by atoms with van der Waals surface area (Å²) >= 11 is 3.39. The first kappa shape index (κ1) is 17.4. The van der Waals surface area contributed by atoms with E-state index in [1.807, 2.05) is 56.3 Å². The van der Waals surface area contributed by atoms with Gasteiger partial charge in [0.25, 0.3) is 0 Å². The molecular weight excluding hydrogens is 382 g/mol. The van der Waals surface area contributed by atoms with Crippen molar-refractivity contribution in [3.8, 4) is 11.4 Å². The molecule has 128 valence electrons. The highest BCUT2D eigenvalue weighted by atomic mass is 79.9. The lowest BCUT2D eigenvalue weighted by Crippen LogP contribution is -2.14. The number of nitrogens with zero attached hydrogens (tertiary/aromatic N) is 2. The van der Waals surface area contributed by atoms with Crippen LogP contribution in [-0.4, -0.2) is 16.0 Å². The molecule has 0 fully saturated rings. The third-order valence-corrected chi connectivity index (χ3v) is 4.41. The number of hydrogen-bond donors (Lipinski definition) is 1. The highest BCUT2D eigenvalue weighted by Crippen LogP contribution is 2.21. The number of carbonyl (C=O) groups excluding carboxylic acids is 1. The van der Waals surface area contributed by atoms with Crippen LogP contribution in [0, 0.1) is 13.8 Å². The molecule has 6 heteroatoms. The van der Waals surface area contributed by atoms with Crippen molar-refractivity contribution in [1.29, 1.82) is 0 Å². The van der Waals surface area contributed by atoms with Crippen molar-refractivity contribution in [3.63, 3.8) is 0 Å². The number of hydrogen-bond acceptors (Lipinski definition) is 4. The SMILES string of the molecule is Cc1cccc(C)c1NC(=O)CCc1nc(-c2ccc(Br)cc2)no1. The lowest BCUT2D eigenvalue weighted by molar-refractivity contribution is -0.116. The van der Waals surface area contributed by atoms with E-state index in [-0.39, 0.29) is 12.3 Å². The lowest BCUT2D eigenvalue weighted by Gasteiger charge is -2.10. The van der Waals surface area contributed by atoms with Crippen LogP contribution in [0.4, 0.5) is 5.69 Å². The molecule has 25 heavy (non-hydrogen) atoms. The number of halogens is 1. The van der Waals surface area contributed by atoms with Crippen molar-refractivity contribution in [1.82, 2.24) is 10.1 Å². The summed E-state index contributed by atoms with van der Waals surface area (Å²) in [6, 6.07) is 13.6. The summed E-state index contributed by atoms with van der Waals surface area (Å²) in [7, 11) is 0. The lowest BCUT2D eigenvalue weighted by atomic mass is 10.1. The summed E-state index contributed by atoms with van der Waals surface area (Å²) in [6.07, 6.45) is 0.691. The van der Waals surface area contributed by atoms with Crippen LogP contribution < -0.4 is 5.32 Å². The number of rotatable bonds is 5. The van der Waals surface area contributed by atoms with Crippen LogP contribution in [0.25, 0.3) is 11.4 Å². The summed E-state index contributed by atoms with van der Waals surface area (Å²) < 4.78 is 6.23. The Kier molecular flexibility index (Phi) is 5.28. The van der Waals surface area contributed by atoms with E-state index < -0.39 is 0 Å². The number of amides is 1. The van der Waals surface area contributed by atoms with Crippen LogP contribution >= 0.6 is 15.9 Å². The van der Waals surface area contributed by atoms with E-state index >= 15 is 0 Å². The molecule has 0 saturated carbocycles. The molecule has 0 aliphatic heterocycles. The van der Waals surface area contributed by atoms with Crippen molar-refractivity contribution < 1.29 is 9.32 Å². The normalized spacial score (nSPS) is 10.7. The van der Waals surface area contributed by atoms with Gasteiger partial charge in [-0.05, 0) is 49.2 Å². The fraction of sp³-hybridized carbons (Fsp3) is 0.211. The molecule has 0 aliphatic rings. The molecular formula is C19H18BrN3O2. The van der Waals surface area contributed by atoms with Crippen LogP contribution in [0.2, 0.25) is 0 Å². The van der Waals surface area contributed by atoms with E-state index in [4.69, 9.17) is 4.52 Å². The van der Waals surface area contributed by atoms with Gasteiger partial charge in [0, 0.05) is 28.6 Å². The predicted molar refractivity (Wildman–Crippen MR) is 100 cm³/mol. The molecule has 0 spiro atoms. The number of carbonyl (C=O) groups is 1. The Hall–Kier alpha value is -2.47. The zero-order valence-corrected chi connectivity index (χ0v) is 15.6. The molecule has 1 N–H and O–H groups in total. The number of para-hydroxylation sites is 1. The standard InChI is InChI=1S/C19H18BrN3O2/c1-12-4-3-5-13(2)18(12)21-16(24)10-11-17-22-19(23-25-17)14-6-8-15(20)9-7-14/h3-9H,10-11H2,1-2H3,(H,21,24). The Morgan fingerprint density at radius 3 is 2.48 bits per heavy atom. The summed E-state index contributed by atoms with van der Waals surface area (Å²) in [5.74, 6) is 0.910. The minimum atomic E-state index is -0.0687. The van der Waals surface area contributed by atoms with Crippen LogP contribution in [0.15, 0.2) is 51.5 Å². The van der Waals surface area contributed by atoms with Gasteiger partial charge in [0.05, 0.1) is 0 Å². The summed E-state index contributed by atoms with van der Waals surface area (Å²) in [6.45, 7) is 3.95. The maximum absolute atomic E-state index is 12.2. The molecule has 1 aromatic heterocycles. The summed E-state index contributed by atoms with van der Waals surface area (Å²) in [5.41, 5.74) is 3.83. The zero-order chi connectivity index (χ0) is 17.8. The first-order valence-corrected chi connectivity index (χ1v) is 8.77. The Balaban J connectivity index is 1.60. The second-order valence-corrected chi connectivity index (χ2v) is 6.75. The van der Waals surface area contributed by atoms with Gasteiger partial charge in [-0.1, -0.05) is 39.3 Å². The van der Waals surface area contributed by atoms with E-state index in [0.717, 1.165) is 26.9 Å². The summed E-state index contributed by atoms with van der Waals surface area (Å²) in [5, 5.41) is 6.93. The number of aromatic nitrogens is 2. The van der Waals surface area contributed by atoms with Crippen molar-refractivity contribution in [2.45, 2.75) is 26.7 Å². The van der Waals surface area contributed by atoms with E-state index in [9.17, 15) is 4.79 Å². The average molecular weight is 400 g/mol. The molecule has 0 bridgehead atoms. The van der Waals surface area contributed by atoms with Crippen LogP contribution in [0.1, 0.15) is 23.4 Å². The average Bonchev–Trinajstić information content (AvgIpc) is 3.06. The van der Waals surface area contributed by atoms with E-state index in [1.165, 1.54) is 0 Å². The Morgan fingerprint density at radius 1 is 1.12 bits per heavy atom. The van der Waals surface area contributed by atoms with Gasteiger partial charge in [-0.15, -0.1) is 0 Å². The second-order valence-electron chi connectivity index (χ2n) is 5.83. The van der Waals surface area contributed by atoms with E-state index in [1.54, 1.807) is 0 Å². The van der Waals surface area contributed by atoms with Crippen molar-refractivity contribution in [3.05, 3.63) is 64.0 Å². The highest BCUT2D eigenvalue weighted by molar-refractivity contribution is 9.10. The smallest absolute Gasteiger partial charge is 0.227 e. The molecule has 0 radical (unpaired) electrons. The molecule has 2 aromatic carbocycles. The Morgan fingerprint density at radius 2 is 1.80 bits per heavy atom. The van der Waals surface area contributed by atoms with Gasteiger partial charge in [0.2, 0.25) is 17.6 Å². The first-order valence-electron chi connectivity index (χ1n) is 7.97. The molecule has 0 unspecified atom stereocenters. The number of benzene rings is 2. The first-order chi connectivity index (χ1) is 12.0. The predicted octanol–water partition coefficient (Wildman–Crippen LogP) is 4.69. The number of aryl methyl sites for hydroxylation is 3. The van der Waals surface area contributed by atoms with Crippen LogP contribution in [-0.2, 0) is 11.2 Å². The van der Waals surface area contributed by atoms with Gasteiger partial charge < -0.3 is 9.84 Å². The maximum atomic E-state index is 12.2. The molecule has 0 saturated heterocycles. The fourth-order valence-electron chi connectivity index (χ4n) is 2.51. The third kappa shape index (κ3) is 4.33. The quantitative estimate of drug-likeness (QED) is 0.675. The largest absolute Gasteiger partial charge is 0.339 e. The van der Waals surface area contributed by atoms with Gasteiger partial charge in [0.1, 0.15) is 0 Å². The molecule has 1 heterocycles. The fourth-order valence-corrected chi connectivity index (χ4v) is 2.77. The van der Waals surface area contributed by atoms with Crippen molar-refractivity contribution in [2.24, 2.45) is 0 Å². The molecule has 0 aliphatic carbocycles. The van der Waals surface area contributed by atoms with Gasteiger partial charge in [-0.25, -0.2) is 0 Å². The van der Waals surface area contributed by atoms with E-state index in [2.05, 4.69) is 31.4 Å². The van der Waals surface area contributed by atoms with Crippen molar-refractivity contribution >= 4 is 27.5 Å². The van der Waals surface area contributed by atoms with Crippen LogP contribution in [0.3, 0.4) is 0 Å². The molecule has 0 atom stereocenters. The summed E-state index contributed by atoms with van der Waals surface area (Å²) in [4.78, 5) is 16.5. The van der Waals surface area contributed by atoms with Crippen LogP contribution in [0.5, 0.6) is 0 Å². The van der Waals surface area contributed by atoms with Gasteiger partial charge in [0.15, 0.2) is 0 Å². The molecule has 3 aromatic rings. The minimum Gasteiger partial charge on any atom is -0.339 e. The topological polar surface area (TPSA) is 68.0 Å². The molecule has 5 nitrogen and oxygen atoms in total. The maximum Gasteiger partial charge on any atom is 0.227 e. The molecule has 3 rings (SSSR count). The second kappa shape index (κ2) is 7.61. The van der Waals surface area contributed by atoms with Crippen molar-refractivity contribution in [2.75, 3.05) is 5.32 Å². The molecule has 1 amide bonds. The van der Waals surface area contributed by atoms with E-state index in [0.29, 0.717) is 18.1 Å². The van der Waals surface area contributed by atoms with Gasteiger partial charge in [-0.3, -0.25) is 4.79 Å². The number of nitrogens with one attached hydrogen (secondary N) is 1. The number of anilines is 1. The van der Waals surface area contributed by atoms with Gasteiger partial charge in [-0.2, -0.15) is 4.98 Å². The third-order valence-electron chi connectivity index (χ3n) is 3.88. The Labute approximate surface area is 154 Å². The van der Waals surface area contributed by atoms with Gasteiger partial charge >= 0.3 is 0 Å². The minimum absolute atomic E-state index is 0.0687. The monoisotopic (exact) mass is 399 g/mol. The Bertz CT molecular complexity index is 868.